The van der Waals surface area contributed by atoms with Crippen molar-refractivity contribution in [1.29, 1.82) is 0 Å². The predicted molar refractivity (Wildman–Crippen MR) is 111 cm³/mol. The van der Waals surface area contributed by atoms with Crippen molar-refractivity contribution in [1.82, 2.24) is 10.3 Å². The van der Waals surface area contributed by atoms with Crippen molar-refractivity contribution < 1.29 is 9.18 Å². The van der Waals surface area contributed by atoms with Gasteiger partial charge in [0.1, 0.15) is 5.82 Å². The van der Waals surface area contributed by atoms with E-state index >= 15 is 0 Å². The first-order chi connectivity index (χ1) is 13.6. The Balaban J connectivity index is 1.37. The number of amides is 1. The number of rotatable bonds is 4. The number of carbonyl (C=O) groups is 1. The van der Waals surface area contributed by atoms with Gasteiger partial charge in [-0.3, -0.25) is 9.78 Å². The molecule has 3 nitrogen and oxygen atoms in total. The van der Waals surface area contributed by atoms with Gasteiger partial charge in [0.05, 0.1) is 5.52 Å². The van der Waals surface area contributed by atoms with Crippen LogP contribution in [0.5, 0.6) is 0 Å². The molecule has 1 N–H and O–H groups in total. The van der Waals surface area contributed by atoms with Crippen molar-refractivity contribution in [2.24, 2.45) is 11.8 Å². The highest BCUT2D eigenvalue weighted by atomic mass is 19.1. The number of hydrogen-bond acceptors (Lipinski definition) is 2. The average Bonchev–Trinajstić information content (AvgIpc) is 2.74. The first kappa shape index (κ1) is 19.4. The molecule has 2 aromatic rings. The van der Waals surface area contributed by atoms with Crippen LogP contribution in [-0.4, -0.2) is 16.9 Å². The molecule has 2 saturated carbocycles. The molecule has 1 heterocycles. The zero-order chi connectivity index (χ0) is 19.5. The topological polar surface area (TPSA) is 42.0 Å². The van der Waals surface area contributed by atoms with E-state index in [9.17, 15) is 9.18 Å². The largest absolute Gasteiger partial charge is 0.353 e. The first-order valence-electron chi connectivity index (χ1n) is 11.0. The Hall–Kier alpha value is -1.97. The molecule has 0 spiro atoms. The lowest BCUT2D eigenvalue weighted by Gasteiger charge is -2.34. The lowest BCUT2D eigenvalue weighted by Crippen LogP contribution is -2.42. The number of carbonyl (C=O) groups excluding carboxylic acids is 1. The van der Waals surface area contributed by atoms with Gasteiger partial charge < -0.3 is 5.32 Å². The van der Waals surface area contributed by atoms with Gasteiger partial charge in [0.15, 0.2) is 0 Å². The van der Waals surface area contributed by atoms with Gasteiger partial charge in [-0.05, 0) is 87.1 Å². The SMILES string of the molecule is C[C@@H](NC(=O)C1CCCCC1)C1CCC(c2ccnc3ccc(F)cc23)CC1. The van der Waals surface area contributed by atoms with E-state index in [4.69, 9.17) is 0 Å². The number of nitrogens with zero attached hydrogens (tertiary/aromatic N) is 1. The highest BCUT2D eigenvalue weighted by molar-refractivity contribution is 5.82. The summed E-state index contributed by atoms with van der Waals surface area (Å²) >= 11 is 0. The molecule has 2 aliphatic rings. The summed E-state index contributed by atoms with van der Waals surface area (Å²) in [5.74, 6) is 1.28. The molecule has 1 atom stereocenters. The third kappa shape index (κ3) is 4.21. The smallest absolute Gasteiger partial charge is 0.223 e. The minimum Gasteiger partial charge on any atom is -0.353 e. The molecular weight excluding hydrogens is 351 g/mol. The number of hydrogen-bond donors (Lipinski definition) is 1. The van der Waals surface area contributed by atoms with Crippen LogP contribution in [0.4, 0.5) is 4.39 Å². The fourth-order valence-corrected chi connectivity index (χ4v) is 5.25. The molecular formula is C24H31FN2O. The van der Waals surface area contributed by atoms with Crippen LogP contribution >= 0.6 is 0 Å². The number of aromatic nitrogens is 1. The number of nitrogens with one attached hydrogen (secondary N) is 1. The summed E-state index contributed by atoms with van der Waals surface area (Å²) in [5, 5.41) is 4.26. The predicted octanol–water partition coefficient (Wildman–Crippen LogP) is 5.73. The third-order valence-electron chi connectivity index (χ3n) is 7.00. The minimum atomic E-state index is -0.200. The fraction of sp³-hybridized carbons (Fsp3) is 0.583. The van der Waals surface area contributed by atoms with Crippen molar-refractivity contribution in [3.8, 4) is 0 Å². The van der Waals surface area contributed by atoms with Crippen molar-refractivity contribution in [2.45, 2.75) is 76.7 Å². The number of benzene rings is 1. The second-order valence-corrected chi connectivity index (χ2v) is 8.81. The second-order valence-electron chi connectivity index (χ2n) is 8.81. The number of fused-ring (bicyclic) bond motifs is 1. The summed E-state index contributed by atoms with van der Waals surface area (Å²) < 4.78 is 13.8. The van der Waals surface area contributed by atoms with E-state index in [-0.39, 0.29) is 23.7 Å². The molecule has 0 saturated heterocycles. The Morgan fingerprint density at radius 1 is 1.07 bits per heavy atom. The Bertz CT molecular complexity index is 822. The highest BCUT2D eigenvalue weighted by Crippen LogP contribution is 2.39. The van der Waals surface area contributed by atoms with E-state index in [1.54, 1.807) is 12.1 Å². The van der Waals surface area contributed by atoms with E-state index in [1.807, 2.05) is 6.20 Å². The van der Waals surface area contributed by atoms with Crippen molar-refractivity contribution in [3.05, 3.63) is 41.8 Å². The summed E-state index contributed by atoms with van der Waals surface area (Å²) in [4.78, 5) is 16.9. The quantitative estimate of drug-likeness (QED) is 0.733. The average molecular weight is 383 g/mol. The summed E-state index contributed by atoms with van der Waals surface area (Å²) in [6.07, 6.45) is 12.0. The lowest BCUT2D eigenvalue weighted by atomic mass is 9.75. The van der Waals surface area contributed by atoms with Crippen LogP contribution in [0.2, 0.25) is 0 Å². The molecule has 0 radical (unpaired) electrons. The Kier molecular flexibility index (Phi) is 5.93. The van der Waals surface area contributed by atoms with Crippen molar-refractivity contribution >= 4 is 16.8 Å². The van der Waals surface area contributed by atoms with Crippen LogP contribution in [0.25, 0.3) is 10.9 Å². The van der Waals surface area contributed by atoms with Gasteiger partial charge in [-0.2, -0.15) is 0 Å². The van der Waals surface area contributed by atoms with Crippen LogP contribution in [0.1, 0.15) is 76.2 Å². The monoisotopic (exact) mass is 382 g/mol. The normalized spacial score (nSPS) is 24.8. The van der Waals surface area contributed by atoms with Gasteiger partial charge >= 0.3 is 0 Å². The zero-order valence-electron chi connectivity index (χ0n) is 16.8. The van der Waals surface area contributed by atoms with Gasteiger partial charge in [0, 0.05) is 23.5 Å². The van der Waals surface area contributed by atoms with E-state index in [0.29, 0.717) is 11.8 Å². The molecule has 0 bridgehead atoms. The number of halogens is 1. The molecule has 28 heavy (non-hydrogen) atoms. The Labute approximate surface area is 167 Å². The van der Waals surface area contributed by atoms with E-state index in [1.165, 1.54) is 30.9 Å². The van der Waals surface area contributed by atoms with E-state index in [0.717, 1.165) is 49.4 Å². The molecule has 4 heteroatoms. The molecule has 1 amide bonds. The summed E-state index contributed by atoms with van der Waals surface area (Å²) in [6, 6.07) is 7.16. The molecule has 4 rings (SSSR count). The van der Waals surface area contributed by atoms with Crippen LogP contribution in [0.3, 0.4) is 0 Å². The van der Waals surface area contributed by atoms with E-state index < -0.39 is 0 Å². The van der Waals surface area contributed by atoms with Gasteiger partial charge in [0.2, 0.25) is 5.91 Å². The first-order valence-corrected chi connectivity index (χ1v) is 11.0. The molecule has 2 fully saturated rings. The molecule has 1 aromatic carbocycles. The van der Waals surface area contributed by atoms with Crippen LogP contribution < -0.4 is 5.32 Å². The Morgan fingerprint density at radius 2 is 1.82 bits per heavy atom. The van der Waals surface area contributed by atoms with Gasteiger partial charge in [-0.25, -0.2) is 4.39 Å². The Morgan fingerprint density at radius 3 is 2.57 bits per heavy atom. The maximum Gasteiger partial charge on any atom is 0.223 e. The van der Waals surface area contributed by atoms with Crippen LogP contribution in [0.15, 0.2) is 30.5 Å². The number of pyridine rings is 1. The molecule has 0 aliphatic heterocycles. The van der Waals surface area contributed by atoms with E-state index in [2.05, 4.69) is 23.3 Å². The molecule has 0 unspecified atom stereocenters. The van der Waals surface area contributed by atoms with Crippen molar-refractivity contribution in [3.63, 3.8) is 0 Å². The fourth-order valence-electron chi connectivity index (χ4n) is 5.25. The van der Waals surface area contributed by atoms with Gasteiger partial charge in [-0.1, -0.05) is 19.3 Å². The lowest BCUT2D eigenvalue weighted by molar-refractivity contribution is -0.127. The zero-order valence-corrected chi connectivity index (χ0v) is 16.8. The van der Waals surface area contributed by atoms with Crippen LogP contribution in [-0.2, 0) is 4.79 Å². The van der Waals surface area contributed by atoms with Gasteiger partial charge in [-0.15, -0.1) is 0 Å². The summed E-state index contributed by atoms with van der Waals surface area (Å²) in [7, 11) is 0. The summed E-state index contributed by atoms with van der Waals surface area (Å²) in [5.41, 5.74) is 2.09. The van der Waals surface area contributed by atoms with Crippen LogP contribution in [0, 0.1) is 17.7 Å². The molecule has 150 valence electrons. The van der Waals surface area contributed by atoms with Gasteiger partial charge in [0.25, 0.3) is 0 Å². The molecule has 1 aromatic heterocycles. The standard InChI is InChI=1S/C24H31FN2O/c1-16(27-24(28)19-5-3-2-4-6-19)17-7-9-18(10-8-17)21-13-14-26-23-12-11-20(25)15-22(21)23/h11-19H,2-10H2,1H3,(H,27,28)/t16-,17?,18?/m1/s1. The van der Waals surface area contributed by atoms with Crippen molar-refractivity contribution in [2.75, 3.05) is 0 Å². The molecule has 2 aliphatic carbocycles. The maximum atomic E-state index is 13.8. The highest BCUT2D eigenvalue weighted by Gasteiger charge is 2.29. The second kappa shape index (κ2) is 8.59. The maximum absolute atomic E-state index is 13.8. The summed E-state index contributed by atoms with van der Waals surface area (Å²) in [6.45, 7) is 2.17. The minimum absolute atomic E-state index is 0.200. The third-order valence-corrected chi connectivity index (χ3v) is 7.00.